The van der Waals surface area contributed by atoms with Crippen molar-refractivity contribution in [3.8, 4) is 0 Å². The van der Waals surface area contributed by atoms with Crippen molar-refractivity contribution in [1.29, 1.82) is 0 Å². The maximum atomic E-state index is 12.4. The Kier molecular flexibility index (Phi) is 5.62. The zero-order chi connectivity index (χ0) is 18.7. The second-order valence-corrected chi connectivity index (χ2v) is 7.33. The molecule has 4 nitrogen and oxygen atoms in total. The van der Waals surface area contributed by atoms with Gasteiger partial charge in [0, 0.05) is 37.6 Å². The molecule has 1 saturated heterocycles. The molecular formula is C22H29N3O. The first kappa shape index (κ1) is 18.5. The predicted molar refractivity (Wildman–Crippen MR) is 109 cm³/mol. The van der Waals surface area contributed by atoms with Gasteiger partial charge in [0.2, 0.25) is 5.91 Å². The van der Waals surface area contributed by atoms with Gasteiger partial charge < -0.3 is 10.2 Å². The smallest absolute Gasteiger partial charge is 0.238 e. The van der Waals surface area contributed by atoms with Gasteiger partial charge in [0.25, 0.3) is 0 Å². The van der Waals surface area contributed by atoms with E-state index in [4.69, 9.17) is 0 Å². The van der Waals surface area contributed by atoms with Crippen molar-refractivity contribution in [2.24, 2.45) is 0 Å². The van der Waals surface area contributed by atoms with Crippen molar-refractivity contribution in [3.63, 3.8) is 0 Å². The highest BCUT2D eigenvalue weighted by Gasteiger charge is 2.20. The van der Waals surface area contributed by atoms with Crippen LogP contribution < -0.4 is 10.2 Å². The van der Waals surface area contributed by atoms with Crippen LogP contribution >= 0.6 is 0 Å². The topological polar surface area (TPSA) is 35.6 Å². The molecule has 0 bridgehead atoms. The fourth-order valence-electron chi connectivity index (χ4n) is 3.45. The minimum atomic E-state index is 0.0634. The molecule has 1 fully saturated rings. The van der Waals surface area contributed by atoms with E-state index in [1.54, 1.807) is 0 Å². The zero-order valence-electron chi connectivity index (χ0n) is 16.3. The third-order valence-electron chi connectivity index (χ3n) is 5.45. The molecule has 0 saturated carbocycles. The quantitative estimate of drug-likeness (QED) is 0.913. The van der Waals surface area contributed by atoms with Crippen molar-refractivity contribution >= 4 is 17.3 Å². The lowest BCUT2D eigenvalue weighted by Crippen LogP contribution is -2.48. The molecular weight excluding hydrogens is 322 g/mol. The Morgan fingerprint density at radius 3 is 2.35 bits per heavy atom. The van der Waals surface area contributed by atoms with E-state index in [-0.39, 0.29) is 5.91 Å². The minimum absolute atomic E-state index is 0.0634. The molecule has 0 atom stereocenters. The number of hydrogen-bond acceptors (Lipinski definition) is 3. The number of carbonyl (C=O) groups excluding carboxylic acids is 1. The molecule has 0 radical (unpaired) electrons. The van der Waals surface area contributed by atoms with Gasteiger partial charge in [0.1, 0.15) is 0 Å². The zero-order valence-corrected chi connectivity index (χ0v) is 16.3. The molecule has 1 heterocycles. The monoisotopic (exact) mass is 351 g/mol. The molecule has 2 aromatic rings. The van der Waals surface area contributed by atoms with Crippen LogP contribution in [-0.2, 0) is 4.79 Å². The van der Waals surface area contributed by atoms with E-state index < -0.39 is 0 Å². The van der Waals surface area contributed by atoms with Crippen LogP contribution in [0.3, 0.4) is 0 Å². The molecule has 0 unspecified atom stereocenters. The lowest BCUT2D eigenvalue weighted by Gasteiger charge is -2.36. The van der Waals surface area contributed by atoms with Gasteiger partial charge >= 0.3 is 0 Å². The summed E-state index contributed by atoms with van der Waals surface area (Å²) in [5.41, 5.74) is 7.33. The summed E-state index contributed by atoms with van der Waals surface area (Å²) in [4.78, 5) is 17.0. The maximum Gasteiger partial charge on any atom is 0.238 e. The minimum Gasteiger partial charge on any atom is -0.369 e. The summed E-state index contributed by atoms with van der Waals surface area (Å²) < 4.78 is 0. The highest BCUT2D eigenvalue weighted by atomic mass is 16.2. The Labute approximate surface area is 156 Å². The summed E-state index contributed by atoms with van der Waals surface area (Å²) in [5.74, 6) is 0.0634. The van der Waals surface area contributed by atoms with E-state index in [2.05, 4.69) is 61.0 Å². The summed E-state index contributed by atoms with van der Waals surface area (Å²) in [5, 5.41) is 3.02. The van der Waals surface area contributed by atoms with Gasteiger partial charge in [-0.25, -0.2) is 0 Å². The van der Waals surface area contributed by atoms with Gasteiger partial charge in [0.15, 0.2) is 0 Å². The van der Waals surface area contributed by atoms with Gasteiger partial charge in [-0.1, -0.05) is 18.2 Å². The number of hydrogen-bond donors (Lipinski definition) is 1. The van der Waals surface area contributed by atoms with Gasteiger partial charge in [-0.05, 0) is 68.1 Å². The van der Waals surface area contributed by atoms with Crippen LogP contribution in [0.1, 0.15) is 22.3 Å². The van der Waals surface area contributed by atoms with Crippen LogP contribution in [0, 0.1) is 27.7 Å². The average molecular weight is 351 g/mol. The van der Waals surface area contributed by atoms with E-state index in [1.165, 1.54) is 27.9 Å². The number of amides is 1. The van der Waals surface area contributed by atoms with Gasteiger partial charge in [-0.3, -0.25) is 9.69 Å². The van der Waals surface area contributed by atoms with Gasteiger partial charge in [-0.2, -0.15) is 0 Å². The Morgan fingerprint density at radius 1 is 0.923 bits per heavy atom. The van der Waals surface area contributed by atoms with Crippen molar-refractivity contribution in [2.75, 3.05) is 42.9 Å². The molecule has 4 heteroatoms. The van der Waals surface area contributed by atoms with Crippen LogP contribution in [0.5, 0.6) is 0 Å². The summed E-state index contributed by atoms with van der Waals surface area (Å²) in [6.45, 7) is 12.7. The molecule has 0 aromatic heterocycles. The fraction of sp³-hybridized carbons (Fsp3) is 0.409. The summed E-state index contributed by atoms with van der Waals surface area (Å²) in [7, 11) is 0. The molecule has 26 heavy (non-hydrogen) atoms. The highest BCUT2D eigenvalue weighted by Crippen LogP contribution is 2.23. The van der Waals surface area contributed by atoms with Gasteiger partial charge in [0.05, 0.1) is 6.54 Å². The second-order valence-electron chi connectivity index (χ2n) is 7.33. The molecule has 1 N–H and O–H groups in total. The van der Waals surface area contributed by atoms with Crippen molar-refractivity contribution in [1.82, 2.24) is 4.90 Å². The predicted octanol–water partition coefficient (Wildman–Crippen LogP) is 3.68. The Balaban J connectivity index is 1.52. The Morgan fingerprint density at radius 2 is 1.65 bits per heavy atom. The molecule has 1 aliphatic heterocycles. The normalized spacial score (nSPS) is 15.2. The molecule has 1 aliphatic rings. The van der Waals surface area contributed by atoms with Crippen LogP contribution in [0.2, 0.25) is 0 Å². The van der Waals surface area contributed by atoms with Crippen LogP contribution in [0.4, 0.5) is 11.4 Å². The number of benzene rings is 2. The maximum absolute atomic E-state index is 12.4. The third-order valence-corrected chi connectivity index (χ3v) is 5.45. The van der Waals surface area contributed by atoms with E-state index in [0.29, 0.717) is 6.54 Å². The number of carbonyl (C=O) groups is 1. The lowest BCUT2D eigenvalue weighted by molar-refractivity contribution is -0.117. The lowest BCUT2D eigenvalue weighted by atomic mass is 10.1. The summed E-state index contributed by atoms with van der Waals surface area (Å²) in [6, 6.07) is 12.5. The Bertz CT molecular complexity index is 792. The molecule has 0 spiro atoms. The fourth-order valence-corrected chi connectivity index (χ4v) is 3.45. The van der Waals surface area contributed by atoms with Gasteiger partial charge in [-0.15, -0.1) is 0 Å². The van der Waals surface area contributed by atoms with E-state index in [1.807, 2.05) is 18.2 Å². The largest absolute Gasteiger partial charge is 0.369 e. The number of rotatable bonds is 4. The molecule has 1 amide bonds. The number of aryl methyl sites for hydroxylation is 3. The molecule has 0 aliphatic carbocycles. The number of nitrogens with one attached hydrogen (secondary N) is 1. The summed E-state index contributed by atoms with van der Waals surface area (Å²) in [6.07, 6.45) is 0. The van der Waals surface area contributed by atoms with E-state index in [9.17, 15) is 4.79 Å². The first-order chi connectivity index (χ1) is 12.4. The summed E-state index contributed by atoms with van der Waals surface area (Å²) >= 11 is 0. The number of anilines is 2. The average Bonchev–Trinajstić information content (AvgIpc) is 2.61. The van der Waals surface area contributed by atoms with E-state index >= 15 is 0 Å². The van der Waals surface area contributed by atoms with Crippen molar-refractivity contribution in [3.05, 3.63) is 58.7 Å². The van der Waals surface area contributed by atoms with E-state index in [0.717, 1.165) is 31.9 Å². The first-order valence-corrected chi connectivity index (χ1v) is 9.34. The number of piperazine rings is 1. The third kappa shape index (κ3) is 4.25. The molecule has 2 aromatic carbocycles. The number of nitrogens with zero attached hydrogens (tertiary/aromatic N) is 2. The van der Waals surface area contributed by atoms with Crippen molar-refractivity contribution in [2.45, 2.75) is 27.7 Å². The second kappa shape index (κ2) is 7.92. The first-order valence-electron chi connectivity index (χ1n) is 9.34. The standard InChI is InChI=1S/C22H29N3O/c1-16-8-9-20(14-18(16)3)23-22(26)15-24-10-12-25(13-11-24)21-7-5-6-17(2)19(21)4/h5-9,14H,10-13,15H2,1-4H3,(H,23,26). The molecule has 3 rings (SSSR count). The van der Waals surface area contributed by atoms with Crippen LogP contribution in [0.25, 0.3) is 0 Å². The molecule has 138 valence electrons. The van der Waals surface area contributed by atoms with Crippen LogP contribution in [0.15, 0.2) is 36.4 Å². The highest BCUT2D eigenvalue weighted by molar-refractivity contribution is 5.92. The van der Waals surface area contributed by atoms with Crippen LogP contribution in [-0.4, -0.2) is 43.5 Å². The SMILES string of the molecule is Cc1ccc(NC(=O)CN2CCN(c3cccc(C)c3C)CC2)cc1C. The van der Waals surface area contributed by atoms with Crippen molar-refractivity contribution < 1.29 is 4.79 Å². The Hall–Kier alpha value is -2.33.